The molecule has 0 heterocycles. The van der Waals surface area contributed by atoms with Gasteiger partial charge in [0.15, 0.2) is 5.78 Å². The molecular weight excluding hydrogens is 402 g/mol. The predicted molar refractivity (Wildman–Crippen MR) is 125 cm³/mol. The number of thiol groups is 1. The minimum absolute atomic E-state index is 0.121. The van der Waals surface area contributed by atoms with Gasteiger partial charge in [-0.1, -0.05) is 56.2 Å². The molecule has 6 nitrogen and oxygen atoms in total. The standard InChI is InChI=1S/C23H39NO5S/c1-2-3-4-5-6-10-13-19(23(29)20(24)17-30)21(26)16-15-18(25)12-9-7-8-11-14-22(27)28/h6-7,9-10,15-16,18-21,25-26,30H,2-5,8,11-14,17,24H2,1H3,(H,27,28)/b9-7-,10-6-,16-15+/t18-,19-,20?,21+/m1/s1. The number of aliphatic hydroxyl groups excluding tert-OH is 2. The average molecular weight is 442 g/mol. The van der Waals surface area contributed by atoms with E-state index >= 15 is 0 Å². The molecular formula is C23H39NO5S. The van der Waals surface area contributed by atoms with Crippen molar-refractivity contribution in [1.29, 1.82) is 0 Å². The molecule has 0 fully saturated rings. The Morgan fingerprint density at radius 3 is 2.20 bits per heavy atom. The molecule has 0 aliphatic rings. The Bertz CT molecular complexity index is 562. The van der Waals surface area contributed by atoms with E-state index < -0.39 is 30.1 Å². The molecule has 0 amide bonds. The van der Waals surface area contributed by atoms with E-state index in [9.17, 15) is 19.8 Å². The van der Waals surface area contributed by atoms with Gasteiger partial charge in [0.25, 0.3) is 0 Å². The Labute approximate surface area is 186 Å². The van der Waals surface area contributed by atoms with Gasteiger partial charge in [-0.3, -0.25) is 9.59 Å². The Balaban J connectivity index is 4.68. The quantitative estimate of drug-likeness (QED) is 0.126. The van der Waals surface area contributed by atoms with Crippen molar-refractivity contribution in [3.63, 3.8) is 0 Å². The fourth-order valence-electron chi connectivity index (χ4n) is 2.84. The molecule has 0 aliphatic heterocycles. The second-order valence-electron chi connectivity index (χ2n) is 7.44. The van der Waals surface area contributed by atoms with Gasteiger partial charge in [-0.25, -0.2) is 0 Å². The Hall–Kier alpha value is -1.41. The Kier molecular flexibility index (Phi) is 17.5. The summed E-state index contributed by atoms with van der Waals surface area (Å²) in [6.07, 6.45) is 15.0. The molecule has 0 saturated heterocycles. The molecule has 0 bridgehead atoms. The van der Waals surface area contributed by atoms with Gasteiger partial charge in [0, 0.05) is 12.2 Å². The van der Waals surface area contributed by atoms with Gasteiger partial charge in [-0.2, -0.15) is 12.6 Å². The van der Waals surface area contributed by atoms with Crippen LogP contribution in [0.5, 0.6) is 0 Å². The second-order valence-corrected chi connectivity index (χ2v) is 7.80. The summed E-state index contributed by atoms with van der Waals surface area (Å²) in [4.78, 5) is 23.0. The maximum Gasteiger partial charge on any atom is 0.303 e. The van der Waals surface area contributed by atoms with Crippen LogP contribution in [-0.4, -0.2) is 51.1 Å². The normalized spacial score (nSPS) is 16.3. The summed E-state index contributed by atoms with van der Waals surface area (Å²) in [5.74, 6) is -1.53. The smallest absolute Gasteiger partial charge is 0.303 e. The van der Waals surface area contributed by atoms with Gasteiger partial charge < -0.3 is 21.1 Å². The van der Waals surface area contributed by atoms with E-state index in [2.05, 4.69) is 19.6 Å². The predicted octanol–water partition coefficient (Wildman–Crippen LogP) is 3.43. The molecule has 0 aromatic heterocycles. The molecule has 0 aromatic rings. The zero-order valence-corrected chi connectivity index (χ0v) is 18.9. The highest BCUT2D eigenvalue weighted by Crippen LogP contribution is 2.16. The fraction of sp³-hybridized carbons (Fsp3) is 0.652. The maximum atomic E-state index is 12.5. The first-order chi connectivity index (χ1) is 14.3. The van der Waals surface area contributed by atoms with Crippen molar-refractivity contribution in [2.24, 2.45) is 11.7 Å². The first-order valence-electron chi connectivity index (χ1n) is 10.8. The molecule has 172 valence electrons. The van der Waals surface area contributed by atoms with Crippen LogP contribution in [0.25, 0.3) is 0 Å². The summed E-state index contributed by atoms with van der Waals surface area (Å²) in [7, 11) is 0. The zero-order chi connectivity index (χ0) is 22.8. The Morgan fingerprint density at radius 2 is 1.60 bits per heavy atom. The van der Waals surface area contributed by atoms with Crippen molar-refractivity contribution in [3.05, 3.63) is 36.5 Å². The molecule has 7 heteroatoms. The summed E-state index contributed by atoms with van der Waals surface area (Å²) >= 11 is 4.08. The van der Waals surface area contributed by atoms with E-state index in [1.165, 1.54) is 12.2 Å². The van der Waals surface area contributed by atoms with Crippen LogP contribution in [0.15, 0.2) is 36.5 Å². The molecule has 5 N–H and O–H groups in total. The van der Waals surface area contributed by atoms with Gasteiger partial charge in [-0.05, 0) is 38.5 Å². The van der Waals surface area contributed by atoms with Crippen LogP contribution in [0.4, 0.5) is 0 Å². The van der Waals surface area contributed by atoms with Crippen molar-refractivity contribution < 1.29 is 24.9 Å². The monoisotopic (exact) mass is 441 g/mol. The molecule has 4 atom stereocenters. The van der Waals surface area contributed by atoms with Gasteiger partial charge in [0.1, 0.15) is 0 Å². The number of carbonyl (C=O) groups excluding carboxylic acids is 1. The highest BCUT2D eigenvalue weighted by molar-refractivity contribution is 7.80. The Morgan fingerprint density at radius 1 is 0.967 bits per heavy atom. The molecule has 0 radical (unpaired) electrons. The summed E-state index contributed by atoms with van der Waals surface area (Å²) in [6, 6.07) is -0.742. The lowest BCUT2D eigenvalue weighted by Gasteiger charge is -2.21. The lowest BCUT2D eigenvalue weighted by Crippen LogP contribution is -2.41. The van der Waals surface area contributed by atoms with Crippen LogP contribution in [0.3, 0.4) is 0 Å². The van der Waals surface area contributed by atoms with E-state index in [-0.39, 0.29) is 18.0 Å². The first-order valence-corrected chi connectivity index (χ1v) is 11.4. The minimum Gasteiger partial charge on any atom is -0.481 e. The summed E-state index contributed by atoms with van der Waals surface area (Å²) in [5, 5.41) is 29.1. The van der Waals surface area contributed by atoms with Crippen molar-refractivity contribution in [3.8, 4) is 0 Å². The van der Waals surface area contributed by atoms with E-state index in [1.807, 2.05) is 18.2 Å². The number of carbonyl (C=O) groups is 2. The van der Waals surface area contributed by atoms with Crippen molar-refractivity contribution in [2.75, 3.05) is 5.75 Å². The van der Waals surface area contributed by atoms with Crippen LogP contribution in [0.2, 0.25) is 0 Å². The highest BCUT2D eigenvalue weighted by atomic mass is 32.1. The van der Waals surface area contributed by atoms with Crippen molar-refractivity contribution >= 4 is 24.4 Å². The largest absolute Gasteiger partial charge is 0.481 e. The van der Waals surface area contributed by atoms with Crippen LogP contribution in [-0.2, 0) is 9.59 Å². The third kappa shape index (κ3) is 14.6. The van der Waals surface area contributed by atoms with Crippen molar-refractivity contribution in [2.45, 2.75) is 83.0 Å². The molecule has 30 heavy (non-hydrogen) atoms. The molecule has 0 rings (SSSR count). The van der Waals surface area contributed by atoms with E-state index in [0.29, 0.717) is 25.7 Å². The molecule has 0 aliphatic carbocycles. The lowest BCUT2D eigenvalue weighted by molar-refractivity contribution is -0.137. The summed E-state index contributed by atoms with van der Waals surface area (Å²) in [5.41, 5.74) is 5.82. The summed E-state index contributed by atoms with van der Waals surface area (Å²) < 4.78 is 0. The zero-order valence-electron chi connectivity index (χ0n) is 18.0. The maximum absolute atomic E-state index is 12.5. The SMILES string of the molecule is CCCCC/C=C\C[C@@H](C(=O)C(N)CS)[C@@H](O)/C=C/[C@H](O)C/C=C\CCCC(=O)O. The van der Waals surface area contributed by atoms with Gasteiger partial charge >= 0.3 is 5.97 Å². The van der Waals surface area contributed by atoms with Crippen LogP contribution < -0.4 is 5.73 Å². The van der Waals surface area contributed by atoms with Crippen molar-refractivity contribution in [1.82, 2.24) is 0 Å². The van der Waals surface area contributed by atoms with E-state index in [0.717, 1.165) is 25.7 Å². The third-order valence-corrected chi connectivity index (χ3v) is 5.10. The second kappa shape index (κ2) is 18.4. The van der Waals surface area contributed by atoms with Gasteiger partial charge in [-0.15, -0.1) is 0 Å². The number of aliphatic hydroxyl groups is 2. The number of ketones is 1. The lowest BCUT2D eigenvalue weighted by atomic mass is 9.89. The minimum atomic E-state index is -1.04. The molecule has 0 spiro atoms. The average Bonchev–Trinajstić information content (AvgIpc) is 2.72. The third-order valence-electron chi connectivity index (χ3n) is 4.71. The van der Waals surface area contributed by atoms with Gasteiger partial charge in [0.2, 0.25) is 0 Å². The number of nitrogens with two attached hydrogens (primary N) is 1. The van der Waals surface area contributed by atoms with Crippen LogP contribution in [0, 0.1) is 5.92 Å². The van der Waals surface area contributed by atoms with Gasteiger partial charge in [0.05, 0.1) is 24.2 Å². The van der Waals surface area contributed by atoms with Crippen LogP contribution >= 0.6 is 12.6 Å². The summed E-state index contributed by atoms with van der Waals surface area (Å²) in [6.45, 7) is 2.14. The topological polar surface area (TPSA) is 121 Å². The number of Topliss-reactive ketones (excluding diaryl/α,β-unsaturated/α-hetero) is 1. The van der Waals surface area contributed by atoms with E-state index in [4.69, 9.17) is 10.8 Å². The van der Waals surface area contributed by atoms with E-state index in [1.54, 1.807) is 6.08 Å². The first kappa shape index (κ1) is 28.6. The number of hydrogen-bond donors (Lipinski definition) is 5. The number of allylic oxidation sites excluding steroid dienone is 3. The fourth-order valence-corrected chi connectivity index (χ4v) is 3.02. The number of unbranched alkanes of at least 4 members (excludes halogenated alkanes) is 4. The highest BCUT2D eigenvalue weighted by Gasteiger charge is 2.27. The number of carboxylic acids is 1. The number of hydrogen-bond acceptors (Lipinski definition) is 6. The molecule has 1 unspecified atom stereocenters. The van der Waals surface area contributed by atoms with Crippen LogP contribution in [0.1, 0.15) is 64.7 Å². The molecule has 0 saturated carbocycles. The number of carboxylic acid groups (broad SMARTS) is 1. The number of aliphatic carboxylic acids is 1. The number of rotatable bonds is 18. The molecule has 0 aromatic carbocycles.